The van der Waals surface area contributed by atoms with Crippen LogP contribution in [0.1, 0.15) is 0 Å². The molecule has 44 heavy (non-hydrogen) atoms. The van der Waals surface area contributed by atoms with Crippen molar-refractivity contribution in [3.63, 3.8) is 0 Å². The second-order valence-electron chi connectivity index (χ2n) is 11.3. The van der Waals surface area contributed by atoms with Gasteiger partial charge >= 0.3 is 0 Å². The third kappa shape index (κ3) is 3.94. The highest BCUT2D eigenvalue weighted by Crippen LogP contribution is 2.41. The Hall–Kier alpha value is -5.93. The number of furan rings is 1. The topological polar surface area (TPSA) is 29.3 Å². The minimum absolute atomic E-state index is 0.794. The third-order valence-corrected chi connectivity index (χ3v) is 8.72. The summed E-state index contributed by atoms with van der Waals surface area (Å²) in [5.74, 6) is 0. The molecule has 0 saturated heterocycles. The number of anilines is 3. The minimum Gasteiger partial charge on any atom is -0.454 e. The van der Waals surface area contributed by atoms with Crippen LogP contribution < -0.4 is 4.90 Å². The van der Waals surface area contributed by atoms with Gasteiger partial charge in [0, 0.05) is 40.1 Å². The summed E-state index contributed by atoms with van der Waals surface area (Å²) in [6, 6.07) is 52.2. The Kier molecular flexibility index (Phi) is 5.50. The van der Waals surface area contributed by atoms with Crippen LogP contribution in [-0.4, -0.2) is 4.98 Å². The van der Waals surface area contributed by atoms with Crippen LogP contribution in [0.3, 0.4) is 0 Å². The van der Waals surface area contributed by atoms with Crippen LogP contribution in [-0.2, 0) is 0 Å². The highest BCUT2D eigenvalue weighted by atomic mass is 16.3. The number of aromatic nitrogens is 1. The molecule has 7 aromatic carbocycles. The second kappa shape index (κ2) is 9.82. The maximum absolute atomic E-state index is 6.28. The lowest BCUT2D eigenvalue weighted by Crippen LogP contribution is -2.09. The zero-order valence-electron chi connectivity index (χ0n) is 23.8. The Bertz CT molecular complexity index is 2490. The molecule has 206 valence electrons. The number of fused-ring (bicyclic) bond motifs is 8. The molecule has 0 aliphatic carbocycles. The number of nitrogens with zero attached hydrogens (tertiary/aromatic N) is 2. The summed E-state index contributed by atoms with van der Waals surface area (Å²) in [5.41, 5.74) is 7.21. The first-order chi connectivity index (χ1) is 21.8. The summed E-state index contributed by atoms with van der Waals surface area (Å²) < 4.78 is 6.28. The van der Waals surface area contributed by atoms with E-state index in [1.165, 1.54) is 43.4 Å². The van der Waals surface area contributed by atoms with Crippen molar-refractivity contribution in [3.05, 3.63) is 158 Å². The van der Waals surface area contributed by atoms with E-state index in [0.717, 1.165) is 39.0 Å². The van der Waals surface area contributed by atoms with Gasteiger partial charge in [0.2, 0.25) is 0 Å². The lowest BCUT2D eigenvalue weighted by atomic mass is 9.96. The first kappa shape index (κ1) is 24.6. The lowest BCUT2D eigenvalue weighted by molar-refractivity contribution is 0.667. The van der Waals surface area contributed by atoms with Crippen LogP contribution in [0.25, 0.3) is 65.4 Å². The van der Waals surface area contributed by atoms with E-state index < -0.39 is 0 Å². The van der Waals surface area contributed by atoms with Gasteiger partial charge in [-0.25, -0.2) is 0 Å². The average Bonchev–Trinajstić information content (AvgIpc) is 3.47. The largest absolute Gasteiger partial charge is 0.454 e. The highest BCUT2D eigenvalue weighted by Gasteiger charge is 2.17. The van der Waals surface area contributed by atoms with E-state index in [1.807, 2.05) is 12.3 Å². The van der Waals surface area contributed by atoms with Gasteiger partial charge in [0.15, 0.2) is 5.58 Å². The van der Waals surface area contributed by atoms with Crippen molar-refractivity contribution in [2.24, 2.45) is 0 Å². The average molecular weight is 563 g/mol. The molecule has 0 saturated carbocycles. The molecule has 2 heterocycles. The summed E-state index contributed by atoms with van der Waals surface area (Å²) in [4.78, 5) is 6.59. The molecule has 0 fully saturated rings. The fourth-order valence-electron chi connectivity index (χ4n) is 6.59. The fraction of sp³-hybridized carbons (Fsp3) is 0. The smallest absolute Gasteiger partial charge is 0.153 e. The molecule has 9 aromatic rings. The first-order valence-electron chi connectivity index (χ1n) is 14.9. The highest BCUT2D eigenvalue weighted by molar-refractivity contribution is 6.20. The van der Waals surface area contributed by atoms with Crippen molar-refractivity contribution in [1.29, 1.82) is 0 Å². The van der Waals surface area contributed by atoms with Crippen molar-refractivity contribution in [2.45, 2.75) is 0 Å². The van der Waals surface area contributed by atoms with Gasteiger partial charge in [0.1, 0.15) is 5.58 Å². The van der Waals surface area contributed by atoms with E-state index in [-0.39, 0.29) is 0 Å². The summed E-state index contributed by atoms with van der Waals surface area (Å²) in [6.45, 7) is 0. The van der Waals surface area contributed by atoms with E-state index in [9.17, 15) is 0 Å². The van der Waals surface area contributed by atoms with Crippen molar-refractivity contribution in [2.75, 3.05) is 4.90 Å². The zero-order valence-corrected chi connectivity index (χ0v) is 23.8. The van der Waals surface area contributed by atoms with Gasteiger partial charge in [-0.3, -0.25) is 4.98 Å². The van der Waals surface area contributed by atoms with Crippen LogP contribution in [0.2, 0.25) is 0 Å². The summed E-state index contributed by atoms with van der Waals surface area (Å²) >= 11 is 0. The van der Waals surface area contributed by atoms with Gasteiger partial charge in [0.05, 0.1) is 6.20 Å². The molecule has 9 rings (SSSR count). The Morgan fingerprint density at radius 3 is 1.93 bits per heavy atom. The van der Waals surface area contributed by atoms with Crippen molar-refractivity contribution < 1.29 is 4.42 Å². The van der Waals surface area contributed by atoms with Crippen LogP contribution >= 0.6 is 0 Å². The van der Waals surface area contributed by atoms with E-state index in [0.29, 0.717) is 0 Å². The molecule has 3 nitrogen and oxygen atoms in total. The Balaban J connectivity index is 1.27. The maximum Gasteiger partial charge on any atom is 0.153 e. The van der Waals surface area contributed by atoms with E-state index in [1.54, 1.807) is 6.20 Å². The van der Waals surface area contributed by atoms with E-state index >= 15 is 0 Å². The number of pyridine rings is 1. The standard InChI is InChI=1S/C41H26N2O/c1-2-6-27(7-3-1)28-14-17-32(18-15-28)43(34-20-21-36-37-22-23-42-26-40(37)44-39(36)25-34)33-19-16-30-11-13-31-12-10-29-8-4-5-9-35(29)41(31)38(30)24-33/h1-26H. The third-order valence-electron chi connectivity index (χ3n) is 8.72. The van der Waals surface area contributed by atoms with Crippen LogP contribution in [0.4, 0.5) is 17.1 Å². The monoisotopic (exact) mass is 562 g/mol. The molecule has 2 aromatic heterocycles. The molecule has 0 spiro atoms. The van der Waals surface area contributed by atoms with Crippen molar-refractivity contribution >= 4 is 71.3 Å². The van der Waals surface area contributed by atoms with Crippen LogP contribution in [0.5, 0.6) is 0 Å². The maximum atomic E-state index is 6.28. The molecule has 0 radical (unpaired) electrons. The quantitative estimate of drug-likeness (QED) is 0.200. The number of hydrogen-bond acceptors (Lipinski definition) is 3. The molecular formula is C41H26N2O. The number of rotatable bonds is 4. The van der Waals surface area contributed by atoms with Gasteiger partial charge in [-0.2, -0.15) is 0 Å². The van der Waals surface area contributed by atoms with Gasteiger partial charge in [0.25, 0.3) is 0 Å². The van der Waals surface area contributed by atoms with Gasteiger partial charge in [-0.05, 0) is 85.9 Å². The first-order valence-corrected chi connectivity index (χ1v) is 14.9. The second-order valence-corrected chi connectivity index (χ2v) is 11.3. The molecule has 0 bridgehead atoms. The molecule has 0 atom stereocenters. The predicted molar refractivity (Wildman–Crippen MR) is 184 cm³/mol. The predicted octanol–water partition coefficient (Wildman–Crippen LogP) is 11.6. The molecular weight excluding hydrogens is 536 g/mol. The summed E-state index contributed by atoms with van der Waals surface area (Å²) in [7, 11) is 0. The summed E-state index contributed by atoms with van der Waals surface area (Å²) in [6.07, 6.45) is 3.60. The molecule has 0 aliphatic heterocycles. The van der Waals surface area contributed by atoms with Crippen molar-refractivity contribution in [1.82, 2.24) is 4.98 Å². The van der Waals surface area contributed by atoms with Crippen LogP contribution in [0.15, 0.2) is 162 Å². The van der Waals surface area contributed by atoms with E-state index in [4.69, 9.17) is 4.42 Å². The molecule has 0 unspecified atom stereocenters. The molecule has 0 N–H and O–H groups in total. The fourth-order valence-corrected chi connectivity index (χ4v) is 6.59. The Morgan fingerprint density at radius 2 is 1.07 bits per heavy atom. The van der Waals surface area contributed by atoms with Gasteiger partial charge < -0.3 is 9.32 Å². The molecule has 3 heteroatoms. The SMILES string of the molecule is c1ccc(-c2ccc(N(c3ccc4c(c3)oc3cnccc34)c3ccc4ccc5ccc6ccccc6c5c4c3)cc2)cc1. The van der Waals surface area contributed by atoms with Crippen LogP contribution in [0, 0.1) is 0 Å². The normalized spacial score (nSPS) is 11.6. The molecule has 0 amide bonds. The number of benzene rings is 7. The van der Waals surface area contributed by atoms with Crippen molar-refractivity contribution in [3.8, 4) is 11.1 Å². The Morgan fingerprint density at radius 1 is 0.432 bits per heavy atom. The zero-order chi connectivity index (χ0) is 29.0. The molecule has 0 aliphatic rings. The van der Waals surface area contributed by atoms with Gasteiger partial charge in [-0.1, -0.05) is 97.1 Å². The summed E-state index contributed by atoms with van der Waals surface area (Å²) in [5, 5.41) is 9.65. The Labute approximate surface area is 254 Å². The van der Waals surface area contributed by atoms with E-state index in [2.05, 4.69) is 149 Å². The minimum atomic E-state index is 0.794. The number of hydrogen-bond donors (Lipinski definition) is 0. The van der Waals surface area contributed by atoms with Gasteiger partial charge in [-0.15, -0.1) is 0 Å². The lowest BCUT2D eigenvalue weighted by Gasteiger charge is -2.26.